The molecule has 2 heteroatoms. The van der Waals surface area contributed by atoms with Crippen LogP contribution in [-0.4, -0.2) is 13.8 Å². The number of halogens is 1. The molecular formula is C34H49FO. The Morgan fingerprint density at radius 3 is 1.75 bits per heavy atom. The zero-order chi connectivity index (χ0) is 25.2. The summed E-state index contributed by atoms with van der Waals surface area (Å²) in [5.74, 6) is 3.84. The molecule has 2 fully saturated rings. The fraction of sp³-hybridized carbons (Fsp3) is 0.647. The molecule has 0 radical (unpaired) electrons. The molecule has 2 saturated carbocycles. The molecule has 0 N–H and O–H groups in total. The highest BCUT2D eigenvalue weighted by molar-refractivity contribution is 5.64. The van der Waals surface area contributed by atoms with E-state index in [-0.39, 0.29) is 12.8 Å². The molecule has 0 aliphatic heterocycles. The molecule has 1 nitrogen and oxygen atoms in total. The van der Waals surface area contributed by atoms with Crippen LogP contribution in [0.1, 0.15) is 108 Å². The standard InChI is InChI=1S/C34H49FO/c1-26(36-2)30-21-23-34(24-22-30)33-19-13-29(14-20-33)8-7-28-11-17-32(18-12-28)31-15-9-27(10-16-31)6-4-3-5-25-35/h13-14,19-24,26-28,31-32H,3-12,15-18,25H2,1-2H3/t26?,27-,28-,31-,32-. The van der Waals surface area contributed by atoms with E-state index >= 15 is 0 Å². The van der Waals surface area contributed by atoms with Crippen molar-refractivity contribution in [2.75, 3.05) is 13.8 Å². The van der Waals surface area contributed by atoms with Crippen molar-refractivity contribution in [3.05, 3.63) is 59.7 Å². The number of ether oxygens (including phenoxy) is 1. The van der Waals surface area contributed by atoms with Crippen LogP contribution in [-0.2, 0) is 11.2 Å². The van der Waals surface area contributed by atoms with Gasteiger partial charge in [-0.2, -0.15) is 0 Å². The minimum Gasteiger partial charge on any atom is -0.377 e. The third kappa shape index (κ3) is 7.91. The molecule has 0 amide bonds. The Bertz CT molecular complexity index is 857. The van der Waals surface area contributed by atoms with Crippen LogP contribution in [0.2, 0.25) is 0 Å². The molecule has 2 aliphatic carbocycles. The first-order chi connectivity index (χ1) is 17.7. The van der Waals surface area contributed by atoms with Gasteiger partial charge in [0.15, 0.2) is 0 Å². The van der Waals surface area contributed by atoms with Crippen molar-refractivity contribution in [3.8, 4) is 11.1 Å². The first kappa shape index (κ1) is 27.4. The van der Waals surface area contributed by atoms with Crippen LogP contribution >= 0.6 is 0 Å². The lowest BCUT2D eigenvalue weighted by molar-refractivity contribution is 0.119. The maximum Gasteiger partial charge on any atom is 0.0894 e. The van der Waals surface area contributed by atoms with E-state index in [0.29, 0.717) is 0 Å². The van der Waals surface area contributed by atoms with Gasteiger partial charge in [-0.15, -0.1) is 0 Å². The average Bonchev–Trinajstić information content (AvgIpc) is 2.95. The average molecular weight is 493 g/mol. The fourth-order valence-electron chi connectivity index (χ4n) is 6.92. The van der Waals surface area contributed by atoms with Crippen molar-refractivity contribution in [2.24, 2.45) is 23.7 Å². The SMILES string of the molecule is COC(C)c1ccc(-c2ccc(CC[C@H]3CC[C@H]([C@H]4CC[C@H](CCCCCF)CC4)CC3)cc2)cc1. The first-order valence-electron chi connectivity index (χ1n) is 14.9. The van der Waals surface area contributed by atoms with E-state index in [1.165, 1.54) is 99.3 Å². The predicted molar refractivity (Wildman–Crippen MR) is 151 cm³/mol. The van der Waals surface area contributed by atoms with Gasteiger partial charge in [-0.05, 0) is 97.8 Å². The van der Waals surface area contributed by atoms with Gasteiger partial charge in [0, 0.05) is 7.11 Å². The van der Waals surface area contributed by atoms with Gasteiger partial charge in [0.25, 0.3) is 0 Å². The molecule has 0 spiro atoms. The Morgan fingerprint density at radius 2 is 1.22 bits per heavy atom. The van der Waals surface area contributed by atoms with E-state index in [4.69, 9.17) is 4.74 Å². The Kier molecular flexibility index (Phi) is 10.9. The summed E-state index contributed by atoms with van der Waals surface area (Å²) >= 11 is 0. The molecule has 1 atom stereocenters. The predicted octanol–water partition coefficient (Wildman–Crippen LogP) is 10.1. The van der Waals surface area contributed by atoms with Crippen molar-refractivity contribution < 1.29 is 9.13 Å². The van der Waals surface area contributed by atoms with E-state index in [0.717, 1.165) is 36.5 Å². The van der Waals surface area contributed by atoms with Gasteiger partial charge in [-0.3, -0.25) is 4.39 Å². The van der Waals surface area contributed by atoms with Crippen molar-refractivity contribution in [2.45, 2.75) is 103 Å². The minimum atomic E-state index is -0.133. The molecule has 0 bridgehead atoms. The molecule has 2 aromatic rings. The molecule has 0 aromatic heterocycles. The molecule has 0 saturated heterocycles. The van der Waals surface area contributed by atoms with Gasteiger partial charge in [-0.25, -0.2) is 0 Å². The molecule has 2 aliphatic rings. The summed E-state index contributed by atoms with van der Waals surface area (Å²) in [7, 11) is 1.76. The zero-order valence-electron chi connectivity index (χ0n) is 22.9. The van der Waals surface area contributed by atoms with Gasteiger partial charge in [0.05, 0.1) is 12.8 Å². The Morgan fingerprint density at radius 1 is 0.694 bits per heavy atom. The lowest BCUT2D eigenvalue weighted by atomic mass is 9.68. The van der Waals surface area contributed by atoms with Crippen LogP contribution in [0.15, 0.2) is 48.5 Å². The number of rotatable bonds is 12. The number of alkyl halides is 1. The smallest absolute Gasteiger partial charge is 0.0894 e. The summed E-state index contributed by atoms with van der Waals surface area (Å²) in [6.45, 7) is 1.95. The first-order valence-corrected chi connectivity index (χ1v) is 14.9. The number of unbranched alkanes of at least 4 members (excludes halogenated alkanes) is 2. The molecule has 2 aromatic carbocycles. The zero-order valence-corrected chi connectivity index (χ0v) is 22.9. The number of aryl methyl sites for hydroxylation is 1. The van der Waals surface area contributed by atoms with E-state index < -0.39 is 0 Å². The monoisotopic (exact) mass is 492 g/mol. The maximum atomic E-state index is 12.3. The third-order valence-corrected chi connectivity index (χ3v) is 9.56. The van der Waals surface area contributed by atoms with Crippen LogP contribution in [0.4, 0.5) is 4.39 Å². The Hall–Kier alpha value is -1.67. The van der Waals surface area contributed by atoms with Crippen molar-refractivity contribution in [1.29, 1.82) is 0 Å². The van der Waals surface area contributed by atoms with Gasteiger partial charge in [0.1, 0.15) is 0 Å². The normalized spacial score (nSPS) is 25.5. The molecule has 1 unspecified atom stereocenters. The Balaban J connectivity index is 1.14. The second-order valence-corrected chi connectivity index (χ2v) is 11.8. The molecule has 0 heterocycles. The summed E-state index contributed by atoms with van der Waals surface area (Å²) in [5, 5.41) is 0. The van der Waals surface area contributed by atoms with Gasteiger partial charge >= 0.3 is 0 Å². The maximum absolute atomic E-state index is 12.3. The second kappa shape index (κ2) is 14.3. The summed E-state index contributed by atoms with van der Waals surface area (Å²) in [4.78, 5) is 0. The minimum absolute atomic E-state index is 0.133. The van der Waals surface area contributed by atoms with Gasteiger partial charge < -0.3 is 4.74 Å². The number of methoxy groups -OCH3 is 1. The number of benzene rings is 2. The summed E-state index contributed by atoms with van der Waals surface area (Å²) < 4.78 is 17.7. The van der Waals surface area contributed by atoms with E-state index in [9.17, 15) is 4.39 Å². The summed E-state index contributed by atoms with van der Waals surface area (Å²) in [6, 6.07) is 18.0. The van der Waals surface area contributed by atoms with E-state index in [2.05, 4.69) is 55.5 Å². The molecule has 36 heavy (non-hydrogen) atoms. The van der Waals surface area contributed by atoms with Crippen LogP contribution in [0.25, 0.3) is 11.1 Å². The second-order valence-electron chi connectivity index (χ2n) is 11.8. The van der Waals surface area contributed by atoms with E-state index in [1.807, 2.05) is 0 Å². The van der Waals surface area contributed by atoms with Gasteiger partial charge in [-0.1, -0.05) is 93.5 Å². The van der Waals surface area contributed by atoms with E-state index in [1.54, 1.807) is 7.11 Å². The molecule has 198 valence electrons. The van der Waals surface area contributed by atoms with Gasteiger partial charge in [0.2, 0.25) is 0 Å². The van der Waals surface area contributed by atoms with Crippen LogP contribution in [0, 0.1) is 23.7 Å². The highest BCUT2D eigenvalue weighted by Crippen LogP contribution is 2.43. The number of hydrogen-bond donors (Lipinski definition) is 0. The summed E-state index contributed by atoms with van der Waals surface area (Å²) in [5.41, 5.74) is 5.28. The highest BCUT2D eigenvalue weighted by atomic mass is 19.1. The topological polar surface area (TPSA) is 9.23 Å². The summed E-state index contributed by atoms with van der Waals surface area (Å²) in [6.07, 6.45) is 18.8. The highest BCUT2D eigenvalue weighted by Gasteiger charge is 2.30. The van der Waals surface area contributed by atoms with Crippen molar-refractivity contribution in [3.63, 3.8) is 0 Å². The molecule has 4 rings (SSSR count). The lowest BCUT2D eigenvalue weighted by Gasteiger charge is -2.38. The van der Waals surface area contributed by atoms with Crippen molar-refractivity contribution >= 4 is 0 Å². The lowest BCUT2D eigenvalue weighted by Crippen LogP contribution is -2.26. The quantitative estimate of drug-likeness (QED) is 0.268. The third-order valence-electron chi connectivity index (χ3n) is 9.56. The van der Waals surface area contributed by atoms with Crippen molar-refractivity contribution in [1.82, 2.24) is 0 Å². The Labute approximate surface area is 220 Å². The largest absolute Gasteiger partial charge is 0.377 e. The number of hydrogen-bond acceptors (Lipinski definition) is 1. The fourth-order valence-corrected chi connectivity index (χ4v) is 6.92. The van der Waals surface area contributed by atoms with Crippen LogP contribution in [0.5, 0.6) is 0 Å². The van der Waals surface area contributed by atoms with Crippen LogP contribution < -0.4 is 0 Å². The molecular weight excluding hydrogens is 443 g/mol. The van der Waals surface area contributed by atoms with Crippen LogP contribution in [0.3, 0.4) is 0 Å².